The summed E-state index contributed by atoms with van der Waals surface area (Å²) in [5.74, 6) is 0.629. The zero-order chi connectivity index (χ0) is 11.0. The fourth-order valence-electron chi connectivity index (χ4n) is 1.18. The Balaban J connectivity index is 0.000000791. The quantitative estimate of drug-likeness (QED) is 0.624. The lowest BCUT2D eigenvalue weighted by molar-refractivity contribution is 0.866. The Labute approximate surface area is 88.7 Å². The van der Waals surface area contributed by atoms with E-state index in [9.17, 15) is 0 Å². The number of hydrogen-bond donors (Lipinski definition) is 0. The Morgan fingerprint density at radius 2 is 1.50 bits per heavy atom. The Bertz CT molecular complexity index is 252. The molecule has 0 aliphatic rings. The first-order valence-corrected chi connectivity index (χ1v) is 5.46. The smallest absolute Gasteiger partial charge is 0.0219 e. The molecule has 1 aromatic rings. The second-order valence-electron chi connectivity index (χ2n) is 3.32. The summed E-state index contributed by atoms with van der Waals surface area (Å²) in [6.07, 6.45) is 4.18. The van der Waals surface area contributed by atoms with Crippen molar-refractivity contribution in [2.24, 2.45) is 0 Å². The van der Waals surface area contributed by atoms with Crippen molar-refractivity contribution in [3.63, 3.8) is 0 Å². The van der Waals surface area contributed by atoms with Gasteiger partial charge in [0, 0.05) is 0 Å². The third-order valence-corrected chi connectivity index (χ3v) is 1.96. The molecule has 0 saturated carbocycles. The summed E-state index contributed by atoms with van der Waals surface area (Å²) in [5, 5.41) is 0. The molecule has 0 aliphatic carbocycles. The fraction of sp³-hybridized carbons (Fsp3) is 0.429. The van der Waals surface area contributed by atoms with Gasteiger partial charge in [-0.1, -0.05) is 64.1 Å². The molecule has 0 atom stereocenters. The van der Waals surface area contributed by atoms with E-state index in [0.717, 1.165) is 0 Å². The van der Waals surface area contributed by atoms with E-state index in [-0.39, 0.29) is 0 Å². The maximum Gasteiger partial charge on any atom is -0.0219 e. The lowest BCUT2D eigenvalue weighted by Gasteiger charge is -2.04. The van der Waals surface area contributed by atoms with Crippen LogP contribution in [0, 0.1) is 0 Å². The van der Waals surface area contributed by atoms with Crippen LogP contribution in [0.3, 0.4) is 0 Å². The SMILES string of the molecule is C/C=C/c1ccc(C(C)C)cc1.CC. The number of benzene rings is 1. The molecule has 14 heavy (non-hydrogen) atoms. The van der Waals surface area contributed by atoms with Gasteiger partial charge in [0.2, 0.25) is 0 Å². The molecule has 0 fully saturated rings. The fourth-order valence-corrected chi connectivity index (χ4v) is 1.18. The molecule has 78 valence electrons. The lowest BCUT2D eigenvalue weighted by atomic mass is 10.0. The first-order valence-electron chi connectivity index (χ1n) is 5.46. The third-order valence-electron chi connectivity index (χ3n) is 1.96. The molecule has 0 spiro atoms. The minimum atomic E-state index is 0.629. The lowest BCUT2D eigenvalue weighted by Crippen LogP contribution is -1.85. The molecule has 0 nitrogen and oxygen atoms in total. The van der Waals surface area contributed by atoms with E-state index in [0.29, 0.717) is 5.92 Å². The highest BCUT2D eigenvalue weighted by molar-refractivity contribution is 5.49. The Morgan fingerprint density at radius 3 is 1.86 bits per heavy atom. The number of allylic oxidation sites excluding steroid dienone is 1. The van der Waals surface area contributed by atoms with Crippen molar-refractivity contribution in [1.29, 1.82) is 0 Å². The molecule has 1 rings (SSSR count). The summed E-state index contributed by atoms with van der Waals surface area (Å²) in [7, 11) is 0. The maximum atomic E-state index is 2.21. The molecule has 0 N–H and O–H groups in total. The van der Waals surface area contributed by atoms with Gasteiger partial charge in [0.15, 0.2) is 0 Å². The van der Waals surface area contributed by atoms with Crippen LogP contribution in [0.2, 0.25) is 0 Å². The Morgan fingerprint density at radius 1 is 1.00 bits per heavy atom. The average Bonchev–Trinajstić information content (AvgIpc) is 2.22. The predicted molar refractivity (Wildman–Crippen MR) is 66.6 cm³/mol. The van der Waals surface area contributed by atoms with E-state index in [4.69, 9.17) is 0 Å². The van der Waals surface area contributed by atoms with E-state index in [1.807, 2.05) is 20.8 Å². The van der Waals surface area contributed by atoms with Crippen molar-refractivity contribution in [1.82, 2.24) is 0 Å². The highest BCUT2D eigenvalue weighted by Crippen LogP contribution is 2.15. The summed E-state index contributed by atoms with van der Waals surface area (Å²) in [4.78, 5) is 0. The molecule has 0 amide bonds. The highest BCUT2D eigenvalue weighted by atomic mass is 14.0. The van der Waals surface area contributed by atoms with E-state index in [1.165, 1.54) is 11.1 Å². The monoisotopic (exact) mass is 190 g/mol. The van der Waals surface area contributed by atoms with Gasteiger partial charge in [0.1, 0.15) is 0 Å². The van der Waals surface area contributed by atoms with Crippen molar-refractivity contribution in [3.05, 3.63) is 41.5 Å². The third kappa shape index (κ3) is 4.27. The van der Waals surface area contributed by atoms with Gasteiger partial charge in [-0.2, -0.15) is 0 Å². The normalized spacial score (nSPS) is 10.1. The summed E-state index contributed by atoms with van der Waals surface area (Å²) < 4.78 is 0. The second kappa shape index (κ2) is 7.37. The van der Waals surface area contributed by atoms with Crippen LogP contribution in [0.15, 0.2) is 30.3 Å². The van der Waals surface area contributed by atoms with Crippen LogP contribution < -0.4 is 0 Å². The first-order chi connectivity index (χ1) is 6.74. The summed E-state index contributed by atoms with van der Waals surface area (Å²) in [6.45, 7) is 10.5. The van der Waals surface area contributed by atoms with Crippen LogP contribution in [0.5, 0.6) is 0 Å². The molecule has 0 unspecified atom stereocenters. The van der Waals surface area contributed by atoms with Gasteiger partial charge in [-0.3, -0.25) is 0 Å². The molecule has 0 aromatic heterocycles. The van der Waals surface area contributed by atoms with E-state index in [1.54, 1.807) is 0 Å². The molecule has 0 bridgehead atoms. The zero-order valence-corrected chi connectivity index (χ0v) is 10.0. The van der Waals surface area contributed by atoms with Crippen LogP contribution in [0.1, 0.15) is 51.7 Å². The molecule has 0 heteroatoms. The molecule has 1 aromatic carbocycles. The summed E-state index contributed by atoms with van der Waals surface area (Å²) in [5.41, 5.74) is 2.69. The largest absolute Gasteiger partial charge is 0.0871 e. The van der Waals surface area contributed by atoms with Crippen LogP contribution in [-0.4, -0.2) is 0 Å². The van der Waals surface area contributed by atoms with Crippen LogP contribution in [0.4, 0.5) is 0 Å². The minimum Gasteiger partial charge on any atom is -0.0871 e. The van der Waals surface area contributed by atoms with Gasteiger partial charge in [0.25, 0.3) is 0 Å². The number of hydrogen-bond acceptors (Lipinski definition) is 0. The molecule has 0 radical (unpaired) electrons. The van der Waals surface area contributed by atoms with Crippen molar-refractivity contribution in [3.8, 4) is 0 Å². The average molecular weight is 190 g/mol. The van der Waals surface area contributed by atoms with Crippen molar-refractivity contribution >= 4 is 6.08 Å². The second-order valence-corrected chi connectivity index (χ2v) is 3.32. The predicted octanol–water partition coefficient (Wildman–Crippen LogP) is 4.87. The number of rotatable bonds is 2. The van der Waals surface area contributed by atoms with Gasteiger partial charge in [-0.25, -0.2) is 0 Å². The van der Waals surface area contributed by atoms with Crippen molar-refractivity contribution < 1.29 is 0 Å². The van der Waals surface area contributed by atoms with Crippen molar-refractivity contribution in [2.45, 2.75) is 40.5 Å². The molecular weight excluding hydrogens is 168 g/mol. The minimum absolute atomic E-state index is 0.629. The zero-order valence-electron chi connectivity index (χ0n) is 10.0. The standard InChI is InChI=1S/C12H16.C2H6/c1-4-5-11-6-8-12(9-7-11)10(2)3;1-2/h4-10H,1-3H3;1-2H3/b5-4+;. The van der Waals surface area contributed by atoms with Gasteiger partial charge in [-0.15, -0.1) is 0 Å². The van der Waals surface area contributed by atoms with Gasteiger partial charge >= 0.3 is 0 Å². The van der Waals surface area contributed by atoms with Crippen LogP contribution in [0.25, 0.3) is 6.08 Å². The van der Waals surface area contributed by atoms with Gasteiger partial charge < -0.3 is 0 Å². The Kier molecular flexibility index (Phi) is 6.82. The van der Waals surface area contributed by atoms with Crippen LogP contribution in [-0.2, 0) is 0 Å². The molecule has 0 aliphatic heterocycles. The van der Waals surface area contributed by atoms with Gasteiger partial charge in [0.05, 0.1) is 0 Å². The van der Waals surface area contributed by atoms with Crippen LogP contribution >= 0.6 is 0 Å². The van der Waals surface area contributed by atoms with E-state index >= 15 is 0 Å². The maximum absolute atomic E-state index is 2.21. The molecule has 0 saturated heterocycles. The first kappa shape index (κ1) is 13.0. The van der Waals surface area contributed by atoms with Gasteiger partial charge in [-0.05, 0) is 24.0 Å². The summed E-state index contributed by atoms with van der Waals surface area (Å²) >= 11 is 0. The van der Waals surface area contributed by atoms with E-state index in [2.05, 4.69) is 50.3 Å². The molecule has 0 heterocycles. The van der Waals surface area contributed by atoms with Crippen molar-refractivity contribution in [2.75, 3.05) is 0 Å². The molecular formula is C14H22. The summed E-state index contributed by atoms with van der Waals surface area (Å²) in [6, 6.07) is 8.71. The topological polar surface area (TPSA) is 0 Å². The highest BCUT2D eigenvalue weighted by Gasteiger charge is 1.96. The Hall–Kier alpha value is -1.04. The van der Waals surface area contributed by atoms with E-state index < -0.39 is 0 Å².